The summed E-state index contributed by atoms with van der Waals surface area (Å²) < 4.78 is 7.45. The average Bonchev–Trinajstić information content (AvgIpc) is 3.27. The third-order valence-electron chi connectivity index (χ3n) is 4.15. The molecule has 1 N–H and O–H groups in total. The van der Waals surface area contributed by atoms with Crippen molar-refractivity contribution in [2.75, 3.05) is 6.61 Å². The summed E-state index contributed by atoms with van der Waals surface area (Å²) >= 11 is 1.56. The molecule has 2 aromatic heterocycles. The van der Waals surface area contributed by atoms with Gasteiger partial charge in [-0.05, 0) is 40.3 Å². The molecule has 24 heavy (non-hydrogen) atoms. The fourth-order valence-electron chi connectivity index (χ4n) is 2.93. The Balaban J connectivity index is 1.53. The molecule has 8 heteroatoms. The van der Waals surface area contributed by atoms with Crippen LogP contribution in [0.3, 0.4) is 0 Å². The average molecular weight is 343 g/mol. The smallest absolute Gasteiger partial charge is 0.255 e. The summed E-state index contributed by atoms with van der Waals surface area (Å²) in [5.41, 5.74) is 0.990. The molecule has 1 aliphatic heterocycles. The Morgan fingerprint density at radius 2 is 2.21 bits per heavy atom. The number of H-pyrrole nitrogens is 1. The number of hydrogen-bond acceptors (Lipinski definition) is 6. The minimum absolute atomic E-state index is 0.0671. The lowest BCUT2D eigenvalue weighted by molar-refractivity contribution is 0.0912. The van der Waals surface area contributed by atoms with Gasteiger partial charge >= 0.3 is 0 Å². The van der Waals surface area contributed by atoms with Gasteiger partial charge in [0, 0.05) is 23.9 Å². The van der Waals surface area contributed by atoms with Crippen LogP contribution >= 0.6 is 11.8 Å². The second-order valence-corrected chi connectivity index (χ2v) is 6.70. The first-order valence-corrected chi connectivity index (χ1v) is 8.90. The Labute approximate surface area is 142 Å². The molecule has 0 aliphatic carbocycles. The maximum Gasteiger partial charge on any atom is 0.255 e. The molecule has 0 bridgehead atoms. The van der Waals surface area contributed by atoms with Crippen molar-refractivity contribution < 1.29 is 4.74 Å². The highest BCUT2D eigenvalue weighted by molar-refractivity contribution is 7.98. The largest absolute Gasteiger partial charge is 0.376 e. The molecule has 0 radical (unpaired) electrons. The molecular weight excluding hydrogens is 326 g/mol. The van der Waals surface area contributed by atoms with E-state index in [2.05, 4.69) is 20.5 Å². The first kappa shape index (κ1) is 15.3. The van der Waals surface area contributed by atoms with Crippen LogP contribution in [0.2, 0.25) is 0 Å². The Kier molecular flexibility index (Phi) is 4.31. The van der Waals surface area contributed by atoms with E-state index in [4.69, 9.17) is 4.74 Å². The zero-order chi connectivity index (χ0) is 16.4. The molecule has 1 aromatic carbocycles. The van der Waals surface area contributed by atoms with Crippen molar-refractivity contribution in [2.45, 2.75) is 36.4 Å². The highest BCUT2D eigenvalue weighted by atomic mass is 32.2. The number of aromatic nitrogens is 5. The van der Waals surface area contributed by atoms with E-state index in [9.17, 15) is 4.79 Å². The van der Waals surface area contributed by atoms with Crippen molar-refractivity contribution in [3.63, 3.8) is 0 Å². The summed E-state index contributed by atoms with van der Waals surface area (Å²) in [6, 6.07) is 7.62. The molecule has 124 valence electrons. The molecule has 3 aromatic rings. The van der Waals surface area contributed by atoms with Gasteiger partial charge in [0.25, 0.3) is 5.56 Å². The fourth-order valence-corrected chi connectivity index (χ4v) is 3.80. The number of tetrazole rings is 1. The van der Waals surface area contributed by atoms with Gasteiger partial charge < -0.3 is 9.72 Å². The minimum Gasteiger partial charge on any atom is -0.376 e. The first-order chi connectivity index (χ1) is 11.8. The minimum atomic E-state index is -0.0671. The molecule has 1 atom stereocenters. The summed E-state index contributed by atoms with van der Waals surface area (Å²) in [6.45, 7) is 1.50. The summed E-state index contributed by atoms with van der Waals surface area (Å²) in [7, 11) is 0. The first-order valence-electron chi connectivity index (χ1n) is 7.91. The summed E-state index contributed by atoms with van der Waals surface area (Å²) in [6.07, 6.45) is 4.11. The SMILES string of the molecule is O=c1[nH]cc(CSc2nnnn2CC2CCCO2)c2ccccc12. The molecule has 1 unspecified atom stereocenters. The second-order valence-electron chi connectivity index (χ2n) is 5.76. The molecule has 4 rings (SSSR count). The van der Waals surface area contributed by atoms with E-state index < -0.39 is 0 Å². The predicted molar refractivity (Wildman–Crippen MR) is 90.9 cm³/mol. The van der Waals surface area contributed by atoms with Gasteiger partial charge in [-0.1, -0.05) is 30.0 Å². The number of hydrogen-bond donors (Lipinski definition) is 1. The highest BCUT2D eigenvalue weighted by Crippen LogP contribution is 2.25. The monoisotopic (exact) mass is 343 g/mol. The van der Waals surface area contributed by atoms with Crippen LogP contribution < -0.4 is 5.56 Å². The summed E-state index contributed by atoms with van der Waals surface area (Å²) in [5.74, 6) is 0.684. The van der Waals surface area contributed by atoms with Gasteiger partial charge in [0.2, 0.25) is 5.16 Å². The van der Waals surface area contributed by atoms with Crippen LogP contribution in [0.25, 0.3) is 10.8 Å². The van der Waals surface area contributed by atoms with Crippen molar-refractivity contribution in [3.8, 4) is 0 Å². The van der Waals surface area contributed by atoms with E-state index in [0.717, 1.165) is 35.6 Å². The molecule has 0 saturated carbocycles. The van der Waals surface area contributed by atoms with Crippen molar-refractivity contribution in [1.82, 2.24) is 25.2 Å². The van der Waals surface area contributed by atoms with E-state index in [-0.39, 0.29) is 11.7 Å². The van der Waals surface area contributed by atoms with E-state index in [1.54, 1.807) is 22.6 Å². The van der Waals surface area contributed by atoms with Gasteiger partial charge in [-0.2, -0.15) is 0 Å². The van der Waals surface area contributed by atoms with Crippen molar-refractivity contribution in [2.24, 2.45) is 0 Å². The van der Waals surface area contributed by atoms with E-state index in [1.165, 1.54) is 0 Å². The molecule has 1 saturated heterocycles. The summed E-state index contributed by atoms with van der Waals surface area (Å²) in [5, 5.41) is 14.4. The Morgan fingerprint density at radius 3 is 3.04 bits per heavy atom. The second kappa shape index (κ2) is 6.74. The molecule has 1 aliphatic rings. The lowest BCUT2D eigenvalue weighted by Crippen LogP contribution is -2.16. The quantitative estimate of drug-likeness (QED) is 0.713. The molecule has 1 fully saturated rings. The third-order valence-corrected chi connectivity index (χ3v) is 5.16. The number of ether oxygens (including phenoxy) is 1. The number of benzene rings is 1. The molecule has 3 heterocycles. The molecule has 7 nitrogen and oxygen atoms in total. The van der Waals surface area contributed by atoms with Crippen LogP contribution in [-0.4, -0.2) is 37.9 Å². The number of aromatic amines is 1. The van der Waals surface area contributed by atoms with Crippen LogP contribution in [0.1, 0.15) is 18.4 Å². The Bertz CT molecular complexity index is 901. The van der Waals surface area contributed by atoms with Gasteiger partial charge in [-0.15, -0.1) is 5.10 Å². The number of fused-ring (bicyclic) bond motifs is 1. The van der Waals surface area contributed by atoms with Crippen LogP contribution in [0.15, 0.2) is 40.4 Å². The van der Waals surface area contributed by atoms with Gasteiger partial charge in [-0.3, -0.25) is 4.79 Å². The Hall–Kier alpha value is -2.19. The normalized spacial score (nSPS) is 17.6. The summed E-state index contributed by atoms with van der Waals surface area (Å²) in [4.78, 5) is 14.7. The third kappa shape index (κ3) is 3.07. The fraction of sp³-hybridized carbons (Fsp3) is 0.375. The number of thioether (sulfide) groups is 1. The lowest BCUT2D eigenvalue weighted by atomic mass is 10.1. The van der Waals surface area contributed by atoms with Gasteiger partial charge in [0.1, 0.15) is 0 Å². The van der Waals surface area contributed by atoms with Crippen LogP contribution in [-0.2, 0) is 17.0 Å². The van der Waals surface area contributed by atoms with Crippen LogP contribution in [0.4, 0.5) is 0 Å². The number of nitrogens with one attached hydrogen (secondary N) is 1. The van der Waals surface area contributed by atoms with Gasteiger partial charge in [-0.25, -0.2) is 4.68 Å². The molecule has 0 spiro atoms. The lowest BCUT2D eigenvalue weighted by Gasteiger charge is -2.10. The number of nitrogens with zero attached hydrogens (tertiary/aromatic N) is 4. The zero-order valence-corrected chi connectivity index (χ0v) is 13.8. The Morgan fingerprint density at radius 1 is 1.33 bits per heavy atom. The van der Waals surface area contributed by atoms with Crippen LogP contribution in [0, 0.1) is 0 Å². The van der Waals surface area contributed by atoms with Crippen molar-refractivity contribution in [1.29, 1.82) is 0 Å². The number of pyridine rings is 1. The molecular formula is C16H17N5O2S. The van der Waals surface area contributed by atoms with E-state index in [1.807, 2.05) is 24.3 Å². The maximum atomic E-state index is 11.9. The predicted octanol–water partition coefficient (Wildman–Crippen LogP) is 1.99. The zero-order valence-electron chi connectivity index (χ0n) is 13.0. The van der Waals surface area contributed by atoms with Crippen LogP contribution in [0.5, 0.6) is 0 Å². The van der Waals surface area contributed by atoms with Gasteiger partial charge in [0.15, 0.2) is 0 Å². The number of rotatable bonds is 5. The highest BCUT2D eigenvalue weighted by Gasteiger charge is 2.19. The van der Waals surface area contributed by atoms with Crippen molar-refractivity contribution in [3.05, 3.63) is 46.4 Å². The van der Waals surface area contributed by atoms with Gasteiger partial charge in [0.05, 0.1) is 12.6 Å². The molecule has 0 amide bonds. The topological polar surface area (TPSA) is 85.7 Å². The maximum absolute atomic E-state index is 11.9. The standard InChI is InChI=1S/C16H17N5O2S/c22-15-14-6-2-1-5-13(14)11(8-17-15)10-24-16-18-19-20-21(16)9-12-4-3-7-23-12/h1-2,5-6,8,12H,3-4,7,9-10H2,(H,17,22). The van der Waals surface area contributed by atoms with Crippen molar-refractivity contribution >= 4 is 22.5 Å². The van der Waals surface area contributed by atoms with E-state index >= 15 is 0 Å². The van der Waals surface area contributed by atoms with E-state index in [0.29, 0.717) is 17.7 Å².